The van der Waals surface area contributed by atoms with Crippen LogP contribution in [0.4, 0.5) is 4.39 Å². The number of halogens is 3. The molecular weight excluding hydrogens is 369 g/mol. The maximum Gasteiger partial charge on any atom is 0.124 e. The van der Waals surface area contributed by atoms with Gasteiger partial charge in [0.15, 0.2) is 0 Å². The molecular formula is C12H10Br2FNS. The second-order valence-electron chi connectivity index (χ2n) is 3.62. The number of hydrogen-bond acceptors (Lipinski definition) is 2. The summed E-state index contributed by atoms with van der Waals surface area (Å²) in [5.41, 5.74) is 1.76. The largest absolute Gasteiger partial charge is 0.250 e. The van der Waals surface area contributed by atoms with Gasteiger partial charge in [0.1, 0.15) is 5.82 Å². The van der Waals surface area contributed by atoms with Gasteiger partial charge in [0.05, 0.1) is 20.5 Å². The van der Waals surface area contributed by atoms with Crippen LogP contribution in [0, 0.1) is 5.82 Å². The Balaban J connectivity index is 2.84. The van der Waals surface area contributed by atoms with Crippen molar-refractivity contribution in [2.45, 2.75) is 16.6 Å². The van der Waals surface area contributed by atoms with Crippen molar-refractivity contribution in [2.75, 3.05) is 6.26 Å². The van der Waals surface area contributed by atoms with E-state index < -0.39 is 0 Å². The molecule has 1 heterocycles. The molecule has 17 heavy (non-hydrogen) atoms. The quantitative estimate of drug-likeness (QED) is 0.518. The fraction of sp³-hybridized carbons (Fsp3) is 0.250. The van der Waals surface area contributed by atoms with Gasteiger partial charge in [-0.1, -0.05) is 15.9 Å². The molecule has 1 atom stereocenters. The lowest BCUT2D eigenvalue weighted by molar-refractivity contribution is 0.629. The predicted molar refractivity (Wildman–Crippen MR) is 78.5 cm³/mol. The van der Waals surface area contributed by atoms with Crippen LogP contribution in [0.1, 0.15) is 17.4 Å². The van der Waals surface area contributed by atoms with Crippen LogP contribution in [0.2, 0.25) is 0 Å². The van der Waals surface area contributed by atoms with Crippen molar-refractivity contribution in [2.24, 2.45) is 0 Å². The predicted octanol–water partition coefficient (Wildman–Crippen LogP) is 5.31. The molecule has 90 valence electrons. The highest BCUT2D eigenvalue weighted by atomic mass is 79.9. The topological polar surface area (TPSA) is 12.9 Å². The Morgan fingerprint density at radius 1 is 1.41 bits per heavy atom. The zero-order chi connectivity index (χ0) is 12.6. The first-order valence-corrected chi connectivity index (χ1v) is 7.94. The van der Waals surface area contributed by atoms with Gasteiger partial charge in [0.25, 0.3) is 0 Å². The zero-order valence-corrected chi connectivity index (χ0v) is 13.3. The van der Waals surface area contributed by atoms with Crippen LogP contribution in [0.15, 0.2) is 27.6 Å². The number of benzene rings is 1. The number of thioether (sulfide) groups is 1. The van der Waals surface area contributed by atoms with Crippen LogP contribution in [0.25, 0.3) is 10.9 Å². The Labute approximate surface area is 120 Å². The van der Waals surface area contributed by atoms with E-state index in [1.807, 2.05) is 13.2 Å². The minimum atomic E-state index is -0.235. The molecule has 1 unspecified atom stereocenters. The molecule has 0 aliphatic carbocycles. The van der Waals surface area contributed by atoms with Crippen molar-refractivity contribution < 1.29 is 4.39 Å². The van der Waals surface area contributed by atoms with Crippen LogP contribution >= 0.6 is 43.6 Å². The lowest BCUT2D eigenvalue weighted by Crippen LogP contribution is -1.96. The van der Waals surface area contributed by atoms with E-state index in [9.17, 15) is 4.39 Å². The average Bonchev–Trinajstić information content (AvgIpc) is 2.28. The Kier molecular flexibility index (Phi) is 4.10. The third kappa shape index (κ3) is 2.51. The van der Waals surface area contributed by atoms with Gasteiger partial charge in [0.2, 0.25) is 0 Å². The minimum Gasteiger partial charge on any atom is -0.250 e. The summed E-state index contributed by atoms with van der Waals surface area (Å²) in [7, 11) is 0. The second kappa shape index (κ2) is 5.24. The molecule has 2 rings (SSSR count). The third-order valence-corrected chi connectivity index (χ3v) is 4.78. The standard InChI is InChI=1S/C12H10Br2FNS/c1-6(13)11-10(14)12(17-2)8-5-7(15)3-4-9(8)16-11/h3-6H,1-2H3. The Bertz CT molecular complexity index is 572. The maximum absolute atomic E-state index is 13.3. The first-order chi connectivity index (χ1) is 8.04. The number of aromatic nitrogens is 1. The van der Waals surface area contributed by atoms with Crippen LogP contribution in [-0.4, -0.2) is 11.2 Å². The molecule has 1 aromatic heterocycles. The smallest absolute Gasteiger partial charge is 0.124 e. The van der Waals surface area contributed by atoms with Crippen molar-refractivity contribution in [3.05, 3.63) is 34.2 Å². The number of fused-ring (bicyclic) bond motifs is 1. The van der Waals surface area contributed by atoms with Gasteiger partial charge in [-0.05, 0) is 47.3 Å². The average molecular weight is 379 g/mol. The van der Waals surface area contributed by atoms with E-state index in [-0.39, 0.29) is 10.6 Å². The van der Waals surface area contributed by atoms with E-state index in [1.165, 1.54) is 12.1 Å². The van der Waals surface area contributed by atoms with E-state index in [0.717, 1.165) is 26.0 Å². The Morgan fingerprint density at radius 2 is 2.12 bits per heavy atom. The summed E-state index contributed by atoms with van der Waals surface area (Å²) in [4.78, 5) is 5.72. The van der Waals surface area contributed by atoms with E-state index in [0.29, 0.717) is 0 Å². The molecule has 0 saturated carbocycles. The first kappa shape index (κ1) is 13.3. The highest BCUT2D eigenvalue weighted by Gasteiger charge is 2.15. The van der Waals surface area contributed by atoms with Gasteiger partial charge in [0, 0.05) is 10.3 Å². The molecule has 0 aliphatic heterocycles. The molecule has 1 aromatic carbocycles. The van der Waals surface area contributed by atoms with E-state index in [1.54, 1.807) is 17.8 Å². The summed E-state index contributed by atoms with van der Waals surface area (Å²) in [6.07, 6.45) is 1.98. The molecule has 0 bridgehead atoms. The Morgan fingerprint density at radius 3 is 2.71 bits per heavy atom. The minimum absolute atomic E-state index is 0.150. The van der Waals surface area contributed by atoms with E-state index in [4.69, 9.17) is 0 Å². The van der Waals surface area contributed by atoms with Gasteiger partial charge < -0.3 is 0 Å². The SMILES string of the molecule is CSc1c(Br)c(C(C)Br)nc2ccc(F)cc12. The molecule has 5 heteroatoms. The first-order valence-electron chi connectivity index (χ1n) is 5.01. The summed E-state index contributed by atoms with van der Waals surface area (Å²) in [5, 5.41) is 0.848. The van der Waals surface area contributed by atoms with Crippen molar-refractivity contribution in [3.63, 3.8) is 0 Å². The molecule has 0 amide bonds. The molecule has 0 N–H and O–H groups in total. The van der Waals surface area contributed by atoms with Crippen molar-refractivity contribution in [1.82, 2.24) is 4.98 Å². The highest BCUT2D eigenvalue weighted by Crippen LogP contribution is 2.39. The van der Waals surface area contributed by atoms with E-state index in [2.05, 4.69) is 36.8 Å². The third-order valence-electron chi connectivity index (χ3n) is 2.45. The van der Waals surface area contributed by atoms with Gasteiger partial charge in [-0.25, -0.2) is 4.39 Å². The summed E-state index contributed by atoms with van der Waals surface area (Å²) in [6.45, 7) is 2.02. The molecule has 0 aliphatic rings. The van der Waals surface area contributed by atoms with Crippen molar-refractivity contribution >= 4 is 54.5 Å². The monoisotopic (exact) mass is 377 g/mol. The van der Waals surface area contributed by atoms with Crippen LogP contribution in [0.3, 0.4) is 0 Å². The van der Waals surface area contributed by atoms with Gasteiger partial charge >= 0.3 is 0 Å². The van der Waals surface area contributed by atoms with E-state index >= 15 is 0 Å². The van der Waals surface area contributed by atoms with Gasteiger partial charge in [-0.2, -0.15) is 0 Å². The van der Waals surface area contributed by atoms with Crippen LogP contribution in [0.5, 0.6) is 0 Å². The normalized spacial score (nSPS) is 13.0. The van der Waals surface area contributed by atoms with Crippen LogP contribution in [-0.2, 0) is 0 Å². The lowest BCUT2D eigenvalue weighted by atomic mass is 10.2. The highest BCUT2D eigenvalue weighted by molar-refractivity contribution is 9.11. The maximum atomic E-state index is 13.3. The molecule has 0 spiro atoms. The van der Waals surface area contributed by atoms with Gasteiger partial charge in [-0.15, -0.1) is 11.8 Å². The zero-order valence-electron chi connectivity index (χ0n) is 9.30. The number of alkyl halides is 1. The number of rotatable bonds is 2. The summed E-state index contributed by atoms with van der Waals surface area (Å²) >= 11 is 8.66. The van der Waals surface area contributed by atoms with Crippen molar-refractivity contribution in [3.8, 4) is 0 Å². The second-order valence-corrected chi connectivity index (χ2v) is 6.60. The fourth-order valence-electron chi connectivity index (χ4n) is 1.66. The lowest BCUT2D eigenvalue weighted by Gasteiger charge is -2.13. The summed E-state index contributed by atoms with van der Waals surface area (Å²) in [5.74, 6) is -0.235. The van der Waals surface area contributed by atoms with Crippen LogP contribution < -0.4 is 0 Å². The fourth-order valence-corrected chi connectivity index (χ4v) is 4.10. The van der Waals surface area contributed by atoms with Gasteiger partial charge in [-0.3, -0.25) is 4.98 Å². The number of pyridine rings is 1. The molecule has 2 aromatic rings. The number of nitrogens with zero attached hydrogens (tertiary/aromatic N) is 1. The summed E-state index contributed by atoms with van der Waals surface area (Å²) < 4.78 is 14.2. The molecule has 0 saturated heterocycles. The number of hydrogen-bond donors (Lipinski definition) is 0. The molecule has 0 fully saturated rings. The molecule has 1 nitrogen and oxygen atoms in total. The summed E-state index contributed by atoms with van der Waals surface area (Å²) in [6, 6.07) is 4.69. The van der Waals surface area contributed by atoms with Crippen molar-refractivity contribution in [1.29, 1.82) is 0 Å². The Hall–Kier alpha value is -0.130. The molecule has 0 radical (unpaired) electrons.